The third-order valence-corrected chi connectivity index (χ3v) is 4.71. The van der Waals surface area contributed by atoms with Gasteiger partial charge in [-0.05, 0) is 41.1 Å². The van der Waals surface area contributed by atoms with Crippen LogP contribution < -0.4 is 5.32 Å². The van der Waals surface area contributed by atoms with Gasteiger partial charge >= 0.3 is 0 Å². The molecule has 3 heterocycles. The van der Waals surface area contributed by atoms with Gasteiger partial charge in [0.1, 0.15) is 0 Å². The first-order chi connectivity index (χ1) is 11.2. The Bertz CT molecular complexity index is 724. The molecule has 0 saturated carbocycles. The highest BCUT2D eigenvalue weighted by Crippen LogP contribution is 2.23. The number of aromatic nitrogens is 1. The number of rotatable bonds is 4. The zero-order chi connectivity index (χ0) is 16.1. The predicted octanol–water partition coefficient (Wildman–Crippen LogP) is 1.86. The number of carbonyl (C=O) groups excluding carboxylic acids is 2. The standard InChI is InChI=1S/C17H17N3O2S/c21-16(4-3-13-2-1-7-18-10-13)19-11-17(22)20-8-5-15-14(12-20)6-9-23-15/h1-4,6-7,9-10H,5,8,11-12H2,(H,19,21)/b4-3+. The van der Waals surface area contributed by atoms with Crippen LogP contribution in [0.15, 0.2) is 42.0 Å². The third-order valence-electron chi connectivity index (χ3n) is 3.69. The number of hydrogen-bond donors (Lipinski definition) is 1. The lowest BCUT2D eigenvalue weighted by Crippen LogP contribution is -2.41. The van der Waals surface area contributed by atoms with Crippen molar-refractivity contribution in [2.45, 2.75) is 13.0 Å². The summed E-state index contributed by atoms with van der Waals surface area (Å²) >= 11 is 1.74. The highest BCUT2D eigenvalue weighted by Gasteiger charge is 2.21. The van der Waals surface area contributed by atoms with Gasteiger partial charge in [-0.1, -0.05) is 6.07 Å². The van der Waals surface area contributed by atoms with Gasteiger partial charge in [0, 0.05) is 36.4 Å². The molecule has 23 heavy (non-hydrogen) atoms. The van der Waals surface area contributed by atoms with E-state index in [-0.39, 0.29) is 18.4 Å². The van der Waals surface area contributed by atoms with Crippen molar-refractivity contribution in [1.29, 1.82) is 0 Å². The summed E-state index contributed by atoms with van der Waals surface area (Å²) in [4.78, 5) is 31.1. The van der Waals surface area contributed by atoms with Gasteiger partial charge in [0.25, 0.3) is 0 Å². The monoisotopic (exact) mass is 327 g/mol. The molecular formula is C17H17N3O2S. The highest BCUT2D eigenvalue weighted by atomic mass is 32.1. The molecule has 0 radical (unpaired) electrons. The van der Waals surface area contributed by atoms with Gasteiger partial charge in [0.05, 0.1) is 6.54 Å². The Hall–Kier alpha value is -2.47. The fourth-order valence-corrected chi connectivity index (χ4v) is 3.33. The molecule has 0 aromatic carbocycles. The van der Waals surface area contributed by atoms with Gasteiger partial charge in [-0.25, -0.2) is 0 Å². The van der Waals surface area contributed by atoms with E-state index in [4.69, 9.17) is 0 Å². The van der Waals surface area contributed by atoms with Gasteiger partial charge in [-0.2, -0.15) is 0 Å². The third kappa shape index (κ3) is 4.04. The Morgan fingerprint density at radius 3 is 3.13 bits per heavy atom. The average molecular weight is 327 g/mol. The molecule has 0 saturated heterocycles. The second-order valence-electron chi connectivity index (χ2n) is 5.27. The zero-order valence-corrected chi connectivity index (χ0v) is 13.4. The number of nitrogens with zero attached hydrogens (tertiary/aromatic N) is 2. The van der Waals surface area contributed by atoms with Crippen molar-refractivity contribution in [1.82, 2.24) is 15.2 Å². The summed E-state index contributed by atoms with van der Waals surface area (Å²) in [6.45, 7) is 1.38. The van der Waals surface area contributed by atoms with Crippen molar-refractivity contribution in [3.63, 3.8) is 0 Å². The largest absolute Gasteiger partial charge is 0.343 e. The maximum atomic E-state index is 12.2. The molecule has 0 bridgehead atoms. The molecule has 0 aliphatic carbocycles. The lowest BCUT2D eigenvalue weighted by molar-refractivity contribution is -0.132. The molecule has 1 aliphatic heterocycles. The first kappa shape index (κ1) is 15.4. The summed E-state index contributed by atoms with van der Waals surface area (Å²) in [6, 6.07) is 5.72. The molecule has 118 valence electrons. The van der Waals surface area contributed by atoms with Crippen LogP contribution >= 0.6 is 11.3 Å². The molecule has 5 nitrogen and oxygen atoms in total. The molecule has 0 spiro atoms. The summed E-state index contributed by atoms with van der Waals surface area (Å²) in [5.41, 5.74) is 2.06. The molecule has 6 heteroatoms. The molecule has 1 aliphatic rings. The van der Waals surface area contributed by atoms with Crippen molar-refractivity contribution in [3.8, 4) is 0 Å². The van der Waals surface area contributed by atoms with Crippen LogP contribution in [0.5, 0.6) is 0 Å². The second-order valence-corrected chi connectivity index (χ2v) is 6.27. The molecule has 2 aromatic rings. The van der Waals surface area contributed by atoms with Crippen LogP contribution in [0.1, 0.15) is 16.0 Å². The van der Waals surface area contributed by atoms with Crippen LogP contribution in [0, 0.1) is 0 Å². The summed E-state index contributed by atoms with van der Waals surface area (Å²) in [7, 11) is 0. The van der Waals surface area contributed by atoms with Gasteiger partial charge < -0.3 is 10.2 Å². The Morgan fingerprint density at radius 2 is 2.30 bits per heavy atom. The fourth-order valence-electron chi connectivity index (χ4n) is 2.44. The molecular weight excluding hydrogens is 310 g/mol. The average Bonchev–Trinajstić information content (AvgIpc) is 3.06. The van der Waals surface area contributed by atoms with E-state index < -0.39 is 0 Å². The minimum absolute atomic E-state index is 0.0235. The zero-order valence-electron chi connectivity index (χ0n) is 12.6. The minimum atomic E-state index is -0.282. The molecule has 2 amide bonds. The number of thiophene rings is 1. The van der Waals surface area contributed by atoms with Crippen LogP contribution in [0.2, 0.25) is 0 Å². The maximum absolute atomic E-state index is 12.2. The van der Waals surface area contributed by atoms with Crippen LogP contribution in [-0.4, -0.2) is 34.8 Å². The maximum Gasteiger partial charge on any atom is 0.244 e. The van der Waals surface area contributed by atoms with Crippen molar-refractivity contribution in [2.75, 3.05) is 13.1 Å². The Labute approximate surface area is 138 Å². The Morgan fingerprint density at radius 1 is 1.39 bits per heavy atom. The van der Waals surface area contributed by atoms with Crippen LogP contribution in [-0.2, 0) is 22.6 Å². The molecule has 3 rings (SSSR count). The van der Waals surface area contributed by atoms with Crippen LogP contribution in [0.25, 0.3) is 6.08 Å². The number of amides is 2. The van der Waals surface area contributed by atoms with E-state index in [1.165, 1.54) is 16.5 Å². The molecule has 0 unspecified atom stereocenters. The lowest BCUT2D eigenvalue weighted by Gasteiger charge is -2.27. The van der Waals surface area contributed by atoms with E-state index in [2.05, 4.69) is 21.7 Å². The number of fused-ring (bicyclic) bond motifs is 1. The minimum Gasteiger partial charge on any atom is -0.343 e. The van der Waals surface area contributed by atoms with E-state index >= 15 is 0 Å². The summed E-state index contributed by atoms with van der Waals surface area (Å²) in [5, 5.41) is 4.69. The number of hydrogen-bond acceptors (Lipinski definition) is 4. The second kappa shape index (κ2) is 7.19. The van der Waals surface area contributed by atoms with Gasteiger partial charge in [-0.3, -0.25) is 14.6 Å². The van der Waals surface area contributed by atoms with Crippen molar-refractivity contribution in [3.05, 3.63) is 58.1 Å². The van der Waals surface area contributed by atoms with E-state index in [1.807, 2.05) is 6.07 Å². The van der Waals surface area contributed by atoms with E-state index in [0.717, 1.165) is 12.0 Å². The van der Waals surface area contributed by atoms with E-state index in [1.54, 1.807) is 40.8 Å². The first-order valence-electron chi connectivity index (χ1n) is 7.41. The van der Waals surface area contributed by atoms with Gasteiger partial charge in [0.2, 0.25) is 11.8 Å². The molecule has 2 aromatic heterocycles. The number of carbonyl (C=O) groups is 2. The lowest BCUT2D eigenvalue weighted by atomic mass is 10.1. The van der Waals surface area contributed by atoms with Crippen molar-refractivity contribution >= 4 is 29.2 Å². The summed E-state index contributed by atoms with van der Waals surface area (Å²) in [5.74, 6) is -0.333. The van der Waals surface area contributed by atoms with Crippen LogP contribution in [0.3, 0.4) is 0 Å². The van der Waals surface area contributed by atoms with Crippen molar-refractivity contribution in [2.24, 2.45) is 0 Å². The summed E-state index contributed by atoms with van der Waals surface area (Å²) < 4.78 is 0. The van der Waals surface area contributed by atoms with E-state index in [9.17, 15) is 9.59 Å². The van der Waals surface area contributed by atoms with Crippen molar-refractivity contribution < 1.29 is 9.59 Å². The summed E-state index contributed by atoms with van der Waals surface area (Å²) in [6.07, 6.45) is 7.32. The smallest absolute Gasteiger partial charge is 0.244 e. The highest BCUT2D eigenvalue weighted by molar-refractivity contribution is 7.10. The fraction of sp³-hybridized carbons (Fsp3) is 0.235. The quantitative estimate of drug-likeness (QED) is 0.872. The van der Waals surface area contributed by atoms with Crippen LogP contribution in [0.4, 0.5) is 0 Å². The van der Waals surface area contributed by atoms with E-state index in [0.29, 0.717) is 13.1 Å². The van der Waals surface area contributed by atoms with Gasteiger partial charge in [-0.15, -0.1) is 11.3 Å². The molecule has 0 fully saturated rings. The molecule has 0 atom stereocenters. The first-order valence-corrected chi connectivity index (χ1v) is 8.29. The number of pyridine rings is 1. The Kier molecular flexibility index (Phi) is 4.83. The predicted molar refractivity (Wildman–Crippen MR) is 89.7 cm³/mol. The SMILES string of the molecule is O=C(/C=C/c1cccnc1)NCC(=O)N1CCc2sccc2C1. The topological polar surface area (TPSA) is 62.3 Å². The normalized spacial score (nSPS) is 13.8. The molecule has 1 N–H and O–H groups in total. The van der Waals surface area contributed by atoms with Gasteiger partial charge in [0.15, 0.2) is 0 Å². The Balaban J connectivity index is 1.48. The number of nitrogens with one attached hydrogen (secondary N) is 1.